The van der Waals surface area contributed by atoms with Crippen LogP contribution < -0.4 is 14.8 Å². The molecule has 1 unspecified atom stereocenters. The van der Waals surface area contributed by atoms with E-state index in [1.807, 2.05) is 30.3 Å². The second-order valence-corrected chi connectivity index (χ2v) is 6.07. The van der Waals surface area contributed by atoms with Crippen LogP contribution in [0, 0.1) is 0 Å². The zero-order valence-corrected chi connectivity index (χ0v) is 13.3. The normalized spacial score (nSPS) is 18.1. The highest BCUT2D eigenvalue weighted by atomic mass is 16.7. The SMILES string of the molecule is O=C(Cc1ccc2c(c1)OCO2)NCC1Cc2ccccc2CO1. The predicted molar refractivity (Wildman–Crippen MR) is 88.0 cm³/mol. The molecule has 1 N–H and O–H groups in total. The number of fused-ring (bicyclic) bond motifs is 2. The topological polar surface area (TPSA) is 56.8 Å². The largest absolute Gasteiger partial charge is 0.454 e. The summed E-state index contributed by atoms with van der Waals surface area (Å²) in [5, 5.41) is 2.96. The summed E-state index contributed by atoms with van der Waals surface area (Å²) in [5.74, 6) is 1.41. The lowest BCUT2D eigenvalue weighted by Crippen LogP contribution is -2.37. The van der Waals surface area contributed by atoms with Crippen molar-refractivity contribution in [2.45, 2.75) is 25.6 Å². The third kappa shape index (κ3) is 3.21. The van der Waals surface area contributed by atoms with Crippen molar-refractivity contribution in [2.24, 2.45) is 0 Å². The van der Waals surface area contributed by atoms with E-state index in [0.717, 1.165) is 17.7 Å². The molecule has 0 bridgehead atoms. The number of carbonyl (C=O) groups excluding carboxylic acids is 1. The van der Waals surface area contributed by atoms with Crippen molar-refractivity contribution in [1.29, 1.82) is 0 Å². The Morgan fingerprint density at radius 3 is 2.83 bits per heavy atom. The van der Waals surface area contributed by atoms with Crippen molar-refractivity contribution in [3.8, 4) is 11.5 Å². The summed E-state index contributed by atoms with van der Waals surface area (Å²) in [5.41, 5.74) is 3.45. The molecule has 0 fully saturated rings. The molecule has 0 radical (unpaired) electrons. The monoisotopic (exact) mass is 325 g/mol. The maximum Gasteiger partial charge on any atom is 0.231 e. The van der Waals surface area contributed by atoms with E-state index in [-0.39, 0.29) is 18.8 Å². The molecule has 2 aliphatic heterocycles. The number of hydrogen-bond donors (Lipinski definition) is 1. The standard InChI is InChI=1S/C19H19NO4/c21-19(8-13-5-6-17-18(7-13)24-12-23-17)20-10-16-9-14-3-1-2-4-15(14)11-22-16/h1-7,16H,8-12H2,(H,20,21). The van der Waals surface area contributed by atoms with Crippen LogP contribution in [0.4, 0.5) is 0 Å². The molecule has 0 aromatic heterocycles. The maximum absolute atomic E-state index is 12.2. The van der Waals surface area contributed by atoms with Gasteiger partial charge in [-0.1, -0.05) is 30.3 Å². The Morgan fingerprint density at radius 1 is 1.08 bits per heavy atom. The molecule has 0 saturated carbocycles. The Balaban J connectivity index is 1.30. The summed E-state index contributed by atoms with van der Waals surface area (Å²) in [6.07, 6.45) is 1.18. The molecule has 0 spiro atoms. The number of hydrogen-bond acceptors (Lipinski definition) is 4. The van der Waals surface area contributed by atoms with Gasteiger partial charge >= 0.3 is 0 Å². The Hall–Kier alpha value is -2.53. The summed E-state index contributed by atoms with van der Waals surface area (Å²) in [4.78, 5) is 12.2. The fourth-order valence-corrected chi connectivity index (χ4v) is 3.07. The summed E-state index contributed by atoms with van der Waals surface area (Å²) in [6, 6.07) is 13.9. The van der Waals surface area contributed by atoms with Crippen LogP contribution in [0.5, 0.6) is 11.5 Å². The second kappa shape index (κ2) is 6.53. The van der Waals surface area contributed by atoms with Crippen molar-refractivity contribution in [3.05, 3.63) is 59.2 Å². The molecule has 1 amide bonds. The molecule has 2 aromatic rings. The number of benzene rings is 2. The van der Waals surface area contributed by atoms with Crippen LogP contribution in [0.1, 0.15) is 16.7 Å². The molecular formula is C19H19NO4. The van der Waals surface area contributed by atoms with E-state index < -0.39 is 0 Å². The molecule has 0 aliphatic carbocycles. The Morgan fingerprint density at radius 2 is 1.92 bits per heavy atom. The van der Waals surface area contributed by atoms with Crippen molar-refractivity contribution in [2.75, 3.05) is 13.3 Å². The van der Waals surface area contributed by atoms with E-state index in [9.17, 15) is 4.79 Å². The van der Waals surface area contributed by atoms with Gasteiger partial charge in [-0.25, -0.2) is 0 Å². The smallest absolute Gasteiger partial charge is 0.231 e. The molecule has 5 nitrogen and oxygen atoms in total. The quantitative estimate of drug-likeness (QED) is 0.936. The first-order valence-electron chi connectivity index (χ1n) is 8.11. The number of nitrogens with one attached hydrogen (secondary N) is 1. The minimum Gasteiger partial charge on any atom is -0.454 e. The number of ether oxygens (including phenoxy) is 3. The van der Waals surface area contributed by atoms with Crippen molar-refractivity contribution in [3.63, 3.8) is 0 Å². The van der Waals surface area contributed by atoms with Crippen LogP contribution in [0.15, 0.2) is 42.5 Å². The highest BCUT2D eigenvalue weighted by molar-refractivity contribution is 5.78. The van der Waals surface area contributed by atoms with Crippen LogP contribution >= 0.6 is 0 Å². The first kappa shape index (κ1) is 15.0. The third-order valence-electron chi connectivity index (χ3n) is 4.37. The van der Waals surface area contributed by atoms with Crippen molar-refractivity contribution in [1.82, 2.24) is 5.32 Å². The Kier molecular flexibility index (Phi) is 4.09. The average molecular weight is 325 g/mol. The Labute approximate surface area is 140 Å². The van der Waals surface area contributed by atoms with E-state index in [0.29, 0.717) is 25.3 Å². The zero-order valence-electron chi connectivity index (χ0n) is 13.3. The fraction of sp³-hybridized carbons (Fsp3) is 0.316. The molecule has 5 heteroatoms. The van der Waals surface area contributed by atoms with Gasteiger partial charge in [0.25, 0.3) is 0 Å². The van der Waals surface area contributed by atoms with Gasteiger partial charge in [-0.05, 0) is 28.8 Å². The lowest BCUT2D eigenvalue weighted by atomic mass is 9.99. The molecule has 1 atom stereocenters. The molecule has 0 saturated heterocycles. The Bertz CT molecular complexity index is 759. The summed E-state index contributed by atoms with van der Waals surface area (Å²) in [7, 11) is 0. The maximum atomic E-state index is 12.2. The third-order valence-corrected chi connectivity index (χ3v) is 4.37. The van der Waals surface area contributed by atoms with Gasteiger partial charge in [0.2, 0.25) is 12.7 Å². The molecule has 2 aromatic carbocycles. The minimum absolute atomic E-state index is 0.0173. The summed E-state index contributed by atoms with van der Waals surface area (Å²) >= 11 is 0. The van der Waals surface area contributed by atoms with Gasteiger partial charge in [0.15, 0.2) is 11.5 Å². The molecule has 2 heterocycles. The van der Waals surface area contributed by atoms with Crippen molar-refractivity contribution >= 4 is 5.91 Å². The van der Waals surface area contributed by atoms with Gasteiger partial charge in [-0.15, -0.1) is 0 Å². The van der Waals surface area contributed by atoms with Crippen LogP contribution in [0.3, 0.4) is 0 Å². The highest BCUT2D eigenvalue weighted by Crippen LogP contribution is 2.32. The van der Waals surface area contributed by atoms with Crippen LogP contribution in [-0.2, 0) is 29.0 Å². The van der Waals surface area contributed by atoms with E-state index >= 15 is 0 Å². The summed E-state index contributed by atoms with van der Waals surface area (Å²) in [6.45, 7) is 1.38. The van der Waals surface area contributed by atoms with Gasteiger partial charge < -0.3 is 19.5 Å². The van der Waals surface area contributed by atoms with Crippen molar-refractivity contribution < 1.29 is 19.0 Å². The zero-order chi connectivity index (χ0) is 16.4. The molecule has 4 rings (SSSR count). The van der Waals surface area contributed by atoms with Crippen LogP contribution in [-0.4, -0.2) is 25.3 Å². The first-order chi connectivity index (χ1) is 11.8. The summed E-state index contributed by atoms with van der Waals surface area (Å²) < 4.78 is 16.4. The number of carbonyl (C=O) groups is 1. The number of rotatable bonds is 4. The highest BCUT2D eigenvalue weighted by Gasteiger charge is 2.19. The van der Waals surface area contributed by atoms with Gasteiger partial charge in [0, 0.05) is 13.0 Å². The van der Waals surface area contributed by atoms with Gasteiger partial charge in [-0.2, -0.15) is 0 Å². The number of amides is 1. The lowest BCUT2D eigenvalue weighted by Gasteiger charge is -2.25. The van der Waals surface area contributed by atoms with Crippen LogP contribution in [0.2, 0.25) is 0 Å². The minimum atomic E-state index is -0.0173. The second-order valence-electron chi connectivity index (χ2n) is 6.07. The molecule has 2 aliphatic rings. The van der Waals surface area contributed by atoms with Gasteiger partial charge in [0.05, 0.1) is 19.1 Å². The first-order valence-corrected chi connectivity index (χ1v) is 8.11. The molecular weight excluding hydrogens is 306 g/mol. The van der Waals surface area contributed by atoms with Gasteiger partial charge in [-0.3, -0.25) is 4.79 Å². The molecule has 124 valence electrons. The van der Waals surface area contributed by atoms with E-state index in [1.54, 1.807) is 0 Å². The van der Waals surface area contributed by atoms with Gasteiger partial charge in [0.1, 0.15) is 0 Å². The lowest BCUT2D eigenvalue weighted by molar-refractivity contribution is -0.121. The average Bonchev–Trinajstić information content (AvgIpc) is 3.07. The van der Waals surface area contributed by atoms with E-state index in [1.165, 1.54) is 11.1 Å². The van der Waals surface area contributed by atoms with E-state index in [4.69, 9.17) is 14.2 Å². The molecule has 24 heavy (non-hydrogen) atoms. The van der Waals surface area contributed by atoms with Crippen LogP contribution in [0.25, 0.3) is 0 Å². The predicted octanol–water partition coefficient (Wildman–Crippen LogP) is 2.22. The van der Waals surface area contributed by atoms with E-state index in [2.05, 4.69) is 17.4 Å². The fourth-order valence-electron chi connectivity index (χ4n) is 3.07.